The fraction of sp³-hybridized carbons (Fsp3) is 0.474. The first-order valence-electron chi connectivity index (χ1n) is 8.84. The van der Waals surface area contributed by atoms with Gasteiger partial charge < -0.3 is 15.1 Å². The molecule has 0 amide bonds. The number of likely N-dealkylation sites (N-methyl/N-ethyl adjacent to an activating group) is 1. The summed E-state index contributed by atoms with van der Waals surface area (Å²) in [6.07, 6.45) is -0.516. The van der Waals surface area contributed by atoms with Gasteiger partial charge in [0.15, 0.2) is 5.96 Å². The van der Waals surface area contributed by atoms with Crippen LogP contribution in [0.25, 0.3) is 0 Å². The van der Waals surface area contributed by atoms with Crippen LogP contribution in [0.5, 0.6) is 0 Å². The molecular formula is C19H27F3N6. The second-order valence-corrected chi connectivity index (χ2v) is 6.91. The number of aryl methyl sites for hydroxylation is 1. The summed E-state index contributed by atoms with van der Waals surface area (Å²) in [5.41, 5.74) is 1.21. The Bertz CT molecular complexity index is 780. The van der Waals surface area contributed by atoms with E-state index in [1.807, 2.05) is 45.5 Å². The van der Waals surface area contributed by atoms with Gasteiger partial charge in [0.25, 0.3) is 0 Å². The van der Waals surface area contributed by atoms with E-state index in [1.165, 1.54) is 12.1 Å². The highest BCUT2D eigenvalue weighted by Gasteiger charge is 2.30. The predicted molar refractivity (Wildman–Crippen MR) is 104 cm³/mol. The highest BCUT2D eigenvalue weighted by molar-refractivity contribution is 5.79. The van der Waals surface area contributed by atoms with E-state index in [0.29, 0.717) is 19.0 Å². The van der Waals surface area contributed by atoms with E-state index in [2.05, 4.69) is 20.3 Å². The predicted octanol–water partition coefficient (Wildman–Crippen LogP) is 2.75. The van der Waals surface area contributed by atoms with Crippen molar-refractivity contribution in [1.82, 2.24) is 24.9 Å². The maximum Gasteiger partial charge on any atom is 0.416 e. The van der Waals surface area contributed by atoms with Crippen molar-refractivity contribution in [3.63, 3.8) is 0 Å². The highest BCUT2D eigenvalue weighted by Crippen LogP contribution is 2.29. The second kappa shape index (κ2) is 9.09. The van der Waals surface area contributed by atoms with Gasteiger partial charge in [0, 0.05) is 46.0 Å². The Morgan fingerprint density at radius 2 is 1.86 bits per heavy atom. The van der Waals surface area contributed by atoms with Crippen LogP contribution < -0.4 is 5.32 Å². The van der Waals surface area contributed by atoms with E-state index in [9.17, 15) is 13.2 Å². The Kier molecular flexibility index (Phi) is 7.06. The molecule has 0 aliphatic heterocycles. The summed E-state index contributed by atoms with van der Waals surface area (Å²) in [5, 5.41) is 7.56. The lowest BCUT2D eigenvalue weighted by Gasteiger charge is -2.27. The van der Waals surface area contributed by atoms with Crippen LogP contribution in [0.1, 0.15) is 22.7 Å². The van der Waals surface area contributed by atoms with E-state index >= 15 is 0 Å². The molecule has 0 saturated heterocycles. The van der Waals surface area contributed by atoms with Gasteiger partial charge in [0.1, 0.15) is 0 Å². The smallest absolute Gasteiger partial charge is 0.354 e. The zero-order valence-electron chi connectivity index (χ0n) is 16.8. The molecule has 1 N–H and O–H groups in total. The quantitative estimate of drug-likeness (QED) is 0.603. The first-order valence-corrected chi connectivity index (χ1v) is 8.84. The standard InChI is InChI=1S/C19H27F3N6/c1-23-18(24-11-17(26(2)3)15-10-25-28(5)13-15)27(4)12-14-6-8-16(9-7-14)19(20,21)22/h6-10,13,17H,11-12H2,1-5H3,(H,23,24). The minimum Gasteiger partial charge on any atom is -0.354 e. The molecule has 0 saturated carbocycles. The summed E-state index contributed by atoms with van der Waals surface area (Å²) in [6.45, 7) is 1.06. The molecule has 1 heterocycles. The van der Waals surface area contributed by atoms with Crippen LogP contribution in [-0.4, -0.2) is 60.3 Å². The molecule has 0 aliphatic rings. The number of halogens is 3. The van der Waals surface area contributed by atoms with Gasteiger partial charge >= 0.3 is 6.18 Å². The fourth-order valence-electron chi connectivity index (χ4n) is 2.93. The number of alkyl halides is 3. The summed E-state index contributed by atoms with van der Waals surface area (Å²) in [6, 6.07) is 5.29. The van der Waals surface area contributed by atoms with Crippen molar-refractivity contribution < 1.29 is 13.2 Å². The molecule has 0 spiro atoms. The van der Waals surface area contributed by atoms with Gasteiger partial charge in [0.05, 0.1) is 17.8 Å². The van der Waals surface area contributed by atoms with Crippen molar-refractivity contribution in [2.24, 2.45) is 12.0 Å². The third-order valence-electron chi connectivity index (χ3n) is 4.46. The number of nitrogens with one attached hydrogen (secondary N) is 1. The average Bonchev–Trinajstić information content (AvgIpc) is 3.04. The molecule has 1 aromatic carbocycles. The van der Waals surface area contributed by atoms with Crippen LogP contribution in [0.4, 0.5) is 13.2 Å². The third kappa shape index (κ3) is 5.72. The molecule has 6 nitrogen and oxygen atoms in total. The number of benzene rings is 1. The number of nitrogens with zero attached hydrogens (tertiary/aromatic N) is 5. The highest BCUT2D eigenvalue weighted by atomic mass is 19.4. The van der Waals surface area contributed by atoms with Crippen LogP contribution in [0.2, 0.25) is 0 Å². The van der Waals surface area contributed by atoms with E-state index in [1.54, 1.807) is 11.7 Å². The third-order valence-corrected chi connectivity index (χ3v) is 4.46. The van der Waals surface area contributed by atoms with Gasteiger partial charge in [-0.3, -0.25) is 9.67 Å². The first kappa shape index (κ1) is 21.7. The van der Waals surface area contributed by atoms with Crippen molar-refractivity contribution in [2.75, 3.05) is 34.7 Å². The molecule has 0 aliphatic carbocycles. The van der Waals surface area contributed by atoms with E-state index in [4.69, 9.17) is 0 Å². The monoisotopic (exact) mass is 396 g/mol. The number of aromatic nitrogens is 2. The van der Waals surface area contributed by atoms with Crippen LogP contribution in [0.3, 0.4) is 0 Å². The van der Waals surface area contributed by atoms with Gasteiger partial charge in [-0.2, -0.15) is 18.3 Å². The number of hydrogen-bond acceptors (Lipinski definition) is 3. The lowest BCUT2D eigenvalue weighted by atomic mass is 10.1. The largest absolute Gasteiger partial charge is 0.416 e. The molecule has 1 atom stereocenters. The maximum absolute atomic E-state index is 12.7. The van der Waals surface area contributed by atoms with Crippen molar-refractivity contribution in [3.8, 4) is 0 Å². The average molecular weight is 396 g/mol. The molecule has 2 rings (SSSR count). The van der Waals surface area contributed by atoms with Gasteiger partial charge in [-0.1, -0.05) is 12.1 Å². The van der Waals surface area contributed by atoms with Gasteiger partial charge in [-0.25, -0.2) is 0 Å². The zero-order valence-corrected chi connectivity index (χ0v) is 16.8. The zero-order chi connectivity index (χ0) is 20.9. The summed E-state index contributed by atoms with van der Waals surface area (Å²) in [5.74, 6) is 0.663. The summed E-state index contributed by atoms with van der Waals surface area (Å²) in [7, 11) is 9.39. The fourth-order valence-corrected chi connectivity index (χ4v) is 2.93. The van der Waals surface area contributed by atoms with Crippen LogP contribution in [0.15, 0.2) is 41.7 Å². The molecule has 2 aromatic rings. The van der Waals surface area contributed by atoms with E-state index in [-0.39, 0.29) is 6.04 Å². The Morgan fingerprint density at radius 3 is 2.32 bits per heavy atom. The number of hydrogen-bond donors (Lipinski definition) is 1. The molecule has 0 bridgehead atoms. The molecule has 0 fully saturated rings. The second-order valence-electron chi connectivity index (χ2n) is 6.91. The van der Waals surface area contributed by atoms with Gasteiger partial charge in [-0.15, -0.1) is 0 Å². The summed E-state index contributed by atoms with van der Waals surface area (Å²) < 4.78 is 39.9. The van der Waals surface area contributed by atoms with Crippen molar-refractivity contribution in [2.45, 2.75) is 18.8 Å². The van der Waals surface area contributed by atoms with Gasteiger partial charge in [-0.05, 0) is 31.8 Å². The molecular weight excluding hydrogens is 369 g/mol. The van der Waals surface area contributed by atoms with E-state index < -0.39 is 11.7 Å². The van der Waals surface area contributed by atoms with Crippen molar-refractivity contribution >= 4 is 5.96 Å². The molecule has 1 unspecified atom stereocenters. The van der Waals surface area contributed by atoms with Crippen LogP contribution >= 0.6 is 0 Å². The number of rotatable bonds is 6. The minimum atomic E-state index is -4.32. The number of aliphatic imine (C=N–C) groups is 1. The Balaban J connectivity index is 2.00. The molecule has 9 heteroatoms. The molecule has 0 radical (unpaired) electrons. The van der Waals surface area contributed by atoms with Crippen LogP contribution in [-0.2, 0) is 19.8 Å². The molecule has 28 heavy (non-hydrogen) atoms. The maximum atomic E-state index is 12.7. The van der Waals surface area contributed by atoms with Gasteiger partial charge in [0.2, 0.25) is 0 Å². The lowest BCUT2D eigenvalue weighted by molar-refractivity contribution is -0.137. The normalized spacial score (nSPS) is 13.7. The lowest BCUT2D eigenvalue weighted by Crippen LogP contribution is -2.42. The minimum absolute atomic E-state index is 0.102. The van der Waals surface area contributed by atoms with Crippen molar-refractivity contribution in [3.05, 3.63) is 53.3 Å². The molecule has 154 valence electrons. The Morgan fingerprint density at radius 1 is 1.21 bits per heavy atom. The Labute approximate surface area is 163 Å². The summed E-state index contributed by atoms with van der Waals surface area (Å²) >= 11 is 0. The summed E-state index contributed by atoms with van der Waals surface area (Å²) in [4.78, 5) is 8.25. The Hall–Kier alpha value is -2.55. The van der Waals surface area contributed by atoms with E-state index in [0.717, 1.165) is 23.3 Å². The topological polar surface area (TPSA) is 48.7 Å². The first-order chi connectivity index (χ1) is 13.1. The molecule has 1 aromatic heterocycles. The number of guanidine groups is 1. The SMILES string of the molecule is CN=C(NCC(c1cnn(C)c1)N(C)C)N(C)Cc1ccc(C(F)(F)F)cc1. The van der Waals surface area contributed by atoms with Crippen LogP contribution in [0, 0.1) is 0 Å². The van der Waals surface area contributed by atoms with Crippen molar-refractivity contribution in [1.29, 1.82) is 0 Å².